The number of carbonyl (C=O) groups is 1. The molecule has 0 N–H and O–H groups in total. The number of carbonyl (C=O) groups excluding carboxylic acids is 1. The highest BCUT2D eigenvalue weighted by Crippen LogP contribution is 2.35. The number of aliphatic imine (C=N–C) groups is 1. The van der Waals surface area contributed by atoms with E-state index in [1.807, 2.05) is 30.6 Å². The number of non-ortho nitro benzene ring substituents is 1. The van der Waals surface area contributed by atoms with Crippen molar-refractivity contribution >= 4 is 34.6 Å². The third-order valence-electron chi connectivity index (χ3n) is 4.57. The number of aromatic nitrogens is 1. The summed E-state index contributed by atoms with van der Waals surface area (Å²) in [6.07, 6.45) is 1.85. The topological polar surface area (TPSA) is 90.0 Å². The number of aryl methyl sites for hydroxylation is 1. The van der Waals surface area contributed by atoms with Crippen molar-refractivity contribution in [1.29, 1.82) is 0 Å². The van der Waals surface area contributed by atoms with Crippen LogP contribution in [0.3, 0.4) is 0 Å². The summed E-state index contributed by atoms with van der Waals surface area (Å²) in [7, 11) is 4.83. The maximum atomic E-state index is 12.4. The lowest BCUT2D eigenvalue weighted by Crippen LogP contribution is -2.23. The summed E-state index contributed by atoms with van der Waals surface area (Å²) in [5.74, 6) is 0.310. The van der Waals surface area contributed by atoms with Crippen LogP contribution in [0.25, 0.3) is 11.8 Å². The van der Waals surface area contributed by atoms with E-state index in [0.29, 0.717) is 21.5 Å². The molecule has 0 aliphatic carbocycles. The van der Waals surface area contributed by atoms with Gasteiger partial charge < -0.3 is 9.30 Å². The predicted molar refractivity (Wildman–Crippen MR) is 110 cm³/mol. The van der Waals surface area contributed by atoms with E-state index in [1.54, 1.807) is 20.2 Å². The third-order valence-corrected chi connectivity index (χ3v) is 5.72. The van der Waals surface area contributed by atoms with Gasteiger partial charge in [-0.25, -0.2) is 0 Å². The number of benzene rings is 1. The summed E-state index contributed by atoms with van der Waals surface area (Å²) < 4.78 is 7.34. The van der Waals surface area contributed by atoms with Crippen LogP contribution in [0.1, 0.15) is 17.0 Å². The zero-order valence-electron chi connectivity index (χ0n) is 16.2. The Labute approximate surface area is 166 Å². The minimum atomic E-state index is -0.455. The normalized spacial score (nSPS) is 17.0. The van der Waals surface area contributed by atoms with Gasteiger partial charge in [0.25, 0.3) is 11.6 Å². The number of likely N-dealkylation sites (N-methyl/N-ethyl adjacent to an activating group) is 1. The molecule has 1 aliphatic rings. The summed E-state index contributed by atoms with van der Waals surface area (Å²) >= 11 is 1.33. The van der Waals surface area contributed by atoms with Gasteiger partial charge in [-0.3, -0.25) is 24.8 Å². The molecule has 0 saturated carbocycles. The number of rotatable bonds is 4. The summed E-state index contributed by atoms with van der Waals surface area (Å²) in [4.78, 5) is 29.2. The molecule has 146 valence electrons. The minimum Gasteiger partial charge on any atom is -0.494 e. The van der Waals surface area contributed by atoms with Crippen LogP contribution in [-0.4, -0.2) is 46.7 Å². The molecular weight excluding hydrogens is 380 g/mol. The molecule has 0 radical (unpaired) electrons. The summed E-state index contributed by atoms with van der Waals surface area (Å²) in [5.41, 5.74) is 3.37. The molecule has 0 spiro atoms. The molecule has 2 aromatic rings. The molecule has 0 bridgehead atoms. The van der Waals surface area contributed by atoms with Gasteiger partial charge in [-0.1, -0.05) is 0 Å². The Bertz CT molecular complexity index is 1040. The van der Waals surface area contributed by atoms with E-state index in [-0.39, 0.29) is 11.6 Å². The van der Waals surface area contributed by atoms with E-state index in [9.17, 15) is 14.9 Å². The molecule has 0 unspecified atom stereocenters. The fourth-order valence-electron chi connectivity index (χ4n) is 3.16. The van der Waals surface area contributed by atoms with E-state index < -0.39 is 4.92 Å². The molecule has 1 amide bonds. The van der Waals surface area contributed by atoms with Crippen molar-refractivity contribution in [3.05, 3.63) is 56.2 Å². The standard InChI is InChI=1S/C19H20N4O4S/c1-11-8-13(9-17-18(24)21(4)19(20-3)28-17)12(2)22(11)15-7-6-14(23(25)26)10-16(15)27-5/h6-10H,1-5H3/b17-9-,20-19?. The minimum absolute atomic E-state index is 0.0345. The van der Waals surface area contributed by atoms with Crippen molar-refractivity contribution in [1.82, 2.24) is 9.47 Å². The number of nitro groups is 1. The first-order valence-electron chi connectivity index (χ1n) is 8.44. The first-order chi connectivity index (χ1) is 13.3. The number of nitro benzene ring substituents is 1. The zero-order valence-corrected chi connectivity index (χ0v) is 17.0. The van der Waals surface area contributed by atoms with Crippen LogP contribution >= 0.6 is 11.8 Å². The molecule has 3 rings (SSSR count). The summed E-state index contributed by atoms with van der Waals surface area (Å²) in [5, 5.41) is 11.7. The second kappa shape index (κ2) is 7.51. The van der Waals surface area contributed by atoms with Crippen LogP contribution in [0.2, 0.25) is 0 Å². The number of nitrogens with zero attached hydrogens (tertiary/aromatic N) is 4. The summed E-state index contributed by atoms with van der Waals surface area (Å²) in [6, 6.07) is 6.49. The van der Waals surface area contributed by atoms with E-state index in [2.05, 4.69) is 4.99 Å². The van der Waals surface area contributed by atoms with Crippen molar-refractivity contribution in [2.24, 2.45) is 4.99 Å². The average Bonchev–Trinajstić information content (AvgIpc) is 3.11. The van der Waals surface area contributed by atoms with Crippen LogP contribution in [0, 0.1) is 24.0 Å². The van der Waals surface area contributed by atoms with Crippen LogP contribution in [0.5, 0.6) is 5.75 Å². The Hall–Kier alpha value is -3.07. The Morgan fingerprint density at radius 2 is 2.00 bits per heavy atom. The number of hydrogen-bond acceptors (Lipinski definition) is 6. The van der Waals surface area contributed by atoms with E-state index in [1.165, 1.54) is 35.9 Å². The monoisotopic (exact) mass is 400 g/mol. The molecule has 1 aliphatic heterocycles. The molecule has 8 nitrogen and oxygen atoms in total. The lowest BCUT2D eigenvalue weighted by molar-refractivity contribution is -0.384. The largest absolute Gasteiger partial charge is 0.494 e. The highest BCUT2D eigenvalue weighted by Gasteiger charge is 2.30. The SMILES string of the molecule is CN=C1S/C(=C\c2cc(C)n(-c3ccc([N+](=O)[O-])cc3OC)c2C)C(=O)N1C. The molecule has 2 heterocycles. The number of amides is 1. The van der Waals surface area contributed by atoms with Crippen molar-refractivity contribution in [2.45, 2.75) is 13.8 Å². The van der Waals surface area contributed by atoms with Gasteiger partial charge >= 0.3 is 0 Å². The Kier molecular flexibility index (Phi) is 5.28. The molecule has 1 aromatic heterocycles. The molecule has 1 saturated heterocycles. The van der Waals surface area contributed by atoms with E-state index in [4.69, 9.17) is 4.74 Å². The first kappa shape index (κ1) is 19.7. The van der Waals surface area contributed by atoms with Crippen molar-refractivity contribution < 1.29 is 14.5 Å². The number of methoxy groups -OCH3 is 1. The van der Waals surface area contributed by atoms with Gasteiger partial charge in [-0.05, 0) is 49.4 Å². The van der Waals surface area contributed by atoms with Gasteiger partial charge in [0, 0.05) is 31.5 Å². The number of hydrogen-bond donors (Lipinski definition) is 0. The van der Waals surface area contributed by atoms with E-state index >= 15 is 0 Å². The number of amidine groups is 1. The highest BCUT2D eigenvalue weighted by atomic mass is 32.2. The molecule has 0 atom stereocenters. The quantitative estimate of drug-likeness (QED) is 0.445. The number of thioether (sulfide) groups is 1. The molecule has 9 heteroatoms. The molecular formula is C19H20N4O4S. The number of ether oxygens (including phenoxy) is 1. The Balaban J connectivity index is 2.08. The summed E-state index contributed by atoms with van der Waals surface area (Å²) in [6.45, 7) is 3.87. The Morgan fingerprint density at radius 1 is 1.29 bits per heavy atom. The van der Waals surface area contributed by atoms with Crippen LogP contribution in [0.15, 0.2) is 34.2 Å². The third kappa shape index (κ3) is 3.29. The van der Waals surface area contributed by atoms with Crippen molar-refractivity contribution in [3.8, 4) is 11.4 Å². The van der Waals surface area contributed by atoms with Crippen LogP contribution in [-0.2, 0) is 4.79 Å². The van der Waals surface area contributed by atoms with Crippen molar-refractivity contribution in [2.75, 3.05) is 21.2 Å². The second-order valence-corrected chi connectivity index (χ2v) is 7.27. The lowest BCUT2D eigenvalue weighted by Gasteiger charge is -2.13. The second-order valence-electron chi connectivity index (χ2n) is 6.26. The van der Waals surface area contributed by atoms with Gasteiger partial charge in [-0.2, -0.15) is 0 Å². The van der Waals surface area contributed by atoms with Crippen molar-refractivity contribution in [3.63, 3.8) is 0 Å². The average molecular weight is 400 g/mol. The first-order valence-corrected chi connectivity index (χ1v) is 9.26. The maximum absolute atomic E-state index is 12.4. The predicted octanol–water partition coefficient (Wildman–Crippen LogP) is 3.54. The maximum Gasteiger partial charge on any atom is 0.273 e. The smallest absolute Gasteiger partial charge is 0.273 e. The Morgan fingerprint density at radius 3 is 2.57 bits per heavy atom. The van der Waals surface area contributed by atoms with Crippen LogP contribution in [0.4, 0.5) is 5.69 Å². The molecule has 1 fully saturated rings. The van der Waals surface area contributed by atoms with Gasteiger partial charge in [0.15, 0.2) is 5.17 Å². The van der Waals surface area contributed by atoms with Gasteiger partial charge in [-0.15, -0.1) is 0 Å². The van der Waals surface area contributed by atoms with E-state index in [0.717, 1.165) is 17.0 Å². The highest BCUT2D eigenvalue weighted by molar-refractivity contribution is 8.18. The van der Waals surface area contributed by atoms with Gasteiger partial charge in [0.1, 0.15) is 5.75 Å². The fourth-order valence-corrected chi connectivity index (χ4v) is 4.08. The van der Waals surface area contributed by atoms with Crippen LogP contribution < -0.4 is 4.74 Å². The fraction of sp³-hybridized carbons (Fsp3) is 0.263. The molecule has 1 aromatic carbocycles. The lowest BCUT2D eigenvalue weighted by atomic mass is 10.2. The van der Waals surface area contributed by atoms with Gasteiger partial charge in [0.2, 0.25) is 0 Å². The molecule has 28 heavy (non-hydrogen) atoms. The van der Waals surface area contributed by atoms with Gasteiger partial charge in [0.05, 0.1) is 28.7 Å². The zero-order chi connectivity index (χ0) is 20.6.